The Morgan fingerprint density at radius 3 is 0.792 bits per heavy atom. The van der Waals surface area contributed by atoms with Crippen molar-refractivity contribution in [2.75, 3.05) is 13.2 Å². The molecule has 0 heterocycles. The van der Waals surface area contributed by atoms with E-state index in [1.165, 1.54) is 430 Å². The zero-order chi connectivity index (χ0) is 69.1. The molecule has 0 aliphatic carbocycles. The third kappa shape index (κ3) is 81.0. The van der Waals surface area contributed by atoms with Gasteiger partial charge in [-0.05, 0) is 64.2 Å². The van der Waals surface area contributed by atoms with Crippen LogP contribution in [0, 0.1) is 0 Å². The van der Waals surface area contributed by atoms with Crippen LogP contribution in [0.3, 0.4) is 0 Å². The van der Waals surface area contributed by atoms with Crippen molar-refractivity contribution in [2.45, 2.75) is 514 Å². The Bertz CT molecular complexity index is 1560. The minimum atomic E-state index is -0.845. The molecule has 6 nitrogen and oxygen atoms in total. The van der Waals surface area contributed by atoms with Crippen LogP contribution in [0.25, 0.3) is 0 Å². The van der Waals surface area contributed by atoms with Crippen molar-refractivity contribution in [3.05, 3.63) is 36.5 Å². The lowest BCUT2D eigenvalue weighted by atomic mass is 10.0. The van der Waals surface area contributed by atoms with Gasteiger partial charge in [0.1, 0.15) is 0 Å². The van der Waals surface area contributed by atoms with Gasteiger partial charge >= 0.3 is 5.97 Å². The second-order valence-corrected chi connectivity index (χ2v) is 30.6. The van der Waals surface area contributed by atoms with Gasteiger partial charge in [-0.3, -0.25) is 9.59 Å². The molecule has 2 unspecified atom stereocenters. The molecule has 0 saturated carbocycles. The van der Waals surface area contributed by atoms with Gasteiger partial charge < -0.3 is 20.3 Å². The number of aliphatic hydroxyl groups excluding tert-OH is 2. The molecule has 0 aromatic heterocycles. The van der Waals surface area contributed by atoms with Crippen molar-refractivity contribution in [1.29, 1.82) is 0 Å². The first-order valence-corrected chi connectivity index (χ1v) is 44.3. The van der Waals surface area contributed by atoms with Gasteiger partial charge in [-0.2, -0.15) is 0 Å². The van der Waals surface area contributed by atoms with Crippen LogP contribution in [0.5, 0.6) is 0 Å². The fourth-order valence-electron chi connectivity index (χ4n) is 14.2. The third-order valence-corrected chi connectivity index (χ3v) is 20.9. The van der Waals surface area contributed by atoms with E-state index in [0.29, 0.717) is 19.4 Å². The van der Waals surface area contributed by atoms with Crippen LogP contribution in [-0.4, -0.2) is 47.4 Å². The van der Waals surface area contributed by atoms with Crippen LogP contribution in [0.2, 0.25) is 0 Å². The number of aliphatic hydroxyl groups is 2. The first-order chi connectivity index (χ1) is 47.5. The van der Waals surface area contributed by atoms with Crippen molar-refractivity contribution >= 4 is 11.9 Å². The van der Waals surface area contributed by atoms with Crippen LogP contribution in [0.1, 0.15) is 502 Å². The Hall–Kier alpha value is -1.92. The normalized spacial score (nSPS) is 12.6. The largest absolute Gasteiger partial charge is 0.466 e. The summed E-state index contributed by atoms with van der Waals surface area (Å²) < 4.78 is 5.52. The molecule has 0 radical (unpaired) electrons. The molecule has 0 aliphatic rings. The molecule has 0 aliphatic heterocycles. The van der Waals surface area contributed by atoms with E-state index in [4.69, 9.17) is 4.74 Å². The minimum absolute atomic E-state index is 0.0236. The highest BCUT2D eigenvalue weighted by Crippen LogP contribution is 2.21. The van der Waals surface area contributed by atoms with Gasteiger partial charge in [0.25, 0.3) is 0 Å². The number of rotatable bonds is 84. The number of esters is 1. The molecule has 0 spiro atoms. The molecule has 6 heteroatoms. The second kappa shape index (κ2) is 85.5. The maximum Gasteiger partial charge on any atom is 0.305 e. The van der Waals surface area contributed by atoms with Crippen molar-refractivity contribution in [3.63, 3.8) is 0 Å². The van der Waals surface area contributed by atoms with Gasteiger partial charge in [0.2, 0.25) is 5.91 Å². The summed E-state index contributed by atoms with van der Waals surface area (Å²) in [5.74, 6) is -0.0359. The number of allylic oxidation sites excluding steroid dienone is 5. The molecule has 0 saturated heterocycles. The highest BCUT2D eigenvalue weighted by Gasteiger charge is 2.18. The Morgan fingerprint density at radius 1 is 0.292 bits per heavy atom. The molecule has 2 atom stereocenters. The SMILES string of the molecule is CCCCCCCCCCCCCCCCCCCCCCCCC/C=C/C(O)C(CO)NC(=O)CCCCCCCCCCCCCCCCCCC/C=C\C/C=C\CCCCCCCCCCCCCCCOC(=O)CCCCCCCCCCCCCCCCCCC. The molecule has 0 bridgehead atoms. The second-order valence-electron chi connectivity index (χ2n) is 30.6. The molecule has 0 rings (SSSR count). The predicted octanol–water partition coefficient (Wildman–Crippen LogP) is 29.7. The Labute approximate surface area is 602 Å². The summed E-state index contributed by atoms with van der Waals surface area (Å²) in [4.78, 5) is 24.7. The zero-order valence-corrected chi connectivity index (χ0v) is 65.4. The lowest BCUT2D eigenvalue weighted by Crippen LogP contribution is -2.45. The van der Waals surface area contributed by atoms with E-state index in [2.05, 4.69) is 43.5 Å². The lowest BCUT2D eigenvalue weighted by Gasteiger charge is -2.20. The van der Waals surface area contributed by atoms with Crippen molar-refractivity contribution < 1.29 is 24.5 Å². The average Bonchev–Trinajstić information content (AvgIpc) is 3.49. The fraction of sp³-hybridized carbons (Fsp3) is 0.911. The number of nitrogens with one attached hydrogen (secondary N) is 1. The van der Waals surface area contributed by atoms with Crippen LogP contribution in [-0.2, 0) is 14.3 Å². The molecule has 0 aromatic carbocycles. The van der Waals surface area contributed by atoms with Crippen LogP contribution in [0.15, 0.2) is 36.5 Å². The van der Waals surface area contributed by atoms with Crippen molar-refractivity contribution in [1.82, 2.24) is 5.32 Å². The predicted molar refractivity (Wildman–Crippen MR) is 426 cm³/mol. The van der Waals surface area contributed by atoms with Gasteiger partial charge in [0, 0.05) is 12.8 Å². The fourth-order valence-corrected chi connectivity index (χ4v) is 14.2. The highest BCUT2D eigenvalue weighted by molar-refractivity contribution is 5.76. The molecule has 568 valence electrons. The Kier molecular flexibility index (Phi) is 83.8. The smallest absolute Gasteiger partial charge is 0.305 e. The number of carbonyl (C=O) groups is 2. The first-order valence-electron chi connectivity index (χ1n) is 44.3. The summed E-state index contributed by atoms with van der Waals surface area (Å²) in [6, 6.07) is -0.628. The third-order valence-electron chi connectivity index (χ3n) is 20.9. The Morgan fingerprint density at radius 2 is 0.521 bits per heavy atom. The van der Waals surface area contributed by atoms with E-state index < -0.39 is 12.1 Å². The van der Waals surface area contributed by atoms with E-state index in [9.17, 15) is 19.8 Å². The van der Waals surface area contributed by atoms with Gasteiger partial charge in [0.15, 0.2) is 0 Å². The van der Waals surface area contributed by atoms with E-state index in [1.54, 1.807) is 6.08 Å². The number of amides is 1. The maximum atomic E-state index is 12.6. The Balaban J connectivity index is 3.37. The van der Waals surface area contributed by atoms with E-state index in [0.717, 1.165) is 44.9 Å². The van der Waals surface area contributed by atoms with Crippen molar-refractivity contribution in [2.24, 2.45) is 0 Å². The minimum Gasteiger partial charge on any atom is -0.466 e. The molecule has 1 amide bonds. The van der Waals surface area contributed by atoms with E-state index in [1.807, 2.05) is 6.08 Å². The van der Waals surface area contributed by atoms with Gasteiger partial charge in [-0.25, -0.2) is 0 Å². The van der Waals surface area contributed by atoms with Crippen LogP contribution in [0.4, 0.5) is 0 Å². The number of carbonyl (C=O) groups excluding carboxylic acids is 2. The topological polar surface area (TPSA) is 95.9 Å². The maximum absolute atomic E-state index is 12.6. The lowest BCUT2D eigenvalue weighted by molar-refractivity contribution is -0.143. The van der Waals surface area contributed by atoms with Crippen LogP contribution >= 0.6 is 0 Å². The van der Waals surface area contributed by atoms with Gasteiger partial charge in [0.05, 0.1) is 25.4 Å². The quantitative estimate of drug-likeness (QED) is 0.0320. The van der Waals surface area contributed by atoms with Gasteiger partial charge in [-0.15, -0.1) is 0 Å². The molecule has 0 aromatic rings. The number of hydrogen-bond acceptors (Lipinski definition) is 5. The monoisotopic (exact) mass is 1350 g/mol. The van der Waals surface area contributed by atoms with Crippen molar-refractivity contribution in [3.8, 4) is 0 Å². The standard InChI is InChI=1S/C90H173NO5/c1-3-5-7-9-11-13-15-17-19-21-22-23-24-38-41-44-47-51-54-58-62-66-70-74-78-82-88(93)87(86-92)91-89(94)83-79-75-71-67-63-59-55-52-48-45-42-39-36-34-32-30-28-26-25-27-29-31-33-35-37-40-43-46-49-53-57-61-65-69-73-77-81-85-96-90(95)84-80-76-72-68-64-60-56-50-20-18-16-14-12-10-8-6-4-2/h25,27,31,33,78,82,87-88,92-93H,3-24,26,28-30,32,34-77,79-81,83-86H2,1-2H3,(H,91,94)/b27-25-,33-31-,82-78+. The van der Waals surface area contributed by atoms with E-state index >= 15 is 0 Å². The van der Waals surface area contributed by atoms with E-state index in [-0.39, 0.29) is 18.5 Å². The first kappa shape index (κ1) is 94.1. The molecule has 96 heavy (non-hydrogen) atoms. The number of hydrogen-bond donors (Lipinski definition) is 3. The molecular weight excluding hydrogens is 1170 g/mol. The number of ether oxygens (including phenoxy) is 1. The summed E-state index contributed by atoms with van der Waals surface area (Å²) in [5, 5.41) is 23.3. The highest BCUT2D eigenvalue weighted by atomic mass is 16.5. The average molecular weight is 1350 g/mol. The summed E-state index contributed by atoms with van der Waals surface area (Å²) >= 11 is 0. The summed E-state index contributed by atoms with van der Waals surface area (Å²) in [6.07, 6.45) is 113. The molecule has 0 fully saturated rings. The summed E-state index contributed by atoms with van der Waals surface area (Å²) in [5.41, 5.74) is 0. The molecule has 3 N–H and O–H groups in total. The summed E-state index contributed by atoms with van der Waals surface area (Å²) in [6.45, 7) is 4.97. The molecular formula is C90H173NO5. The van der Waals surface area contributed by atoms with Crippen LogP contribution < -0.4 is 5.32 Å². The zero-order valence-electron chi connectivity index (χ0n) is 65.4. The number of unbranched alkanes of at least 4 members (excludes halogenated alkanes) is 69. The summed E-state index contributed by atoms with van der Waals surface area (Å²) in [7, 11) is 0. The van der Waals surface area contributed by atoms with Gasteiger partial charge in [-0.1, -0.05) is 461 Å².